The molecule has 2 heterocycles. The number of carbonyl (C=O) groups excluding carboxylic acids is 1. The summed E-state index contributed by atoms with van der Waals surface area (Å²) in [5.41, 5.74) is 3.10. The van der Waals surface area contributed by atoms with Gasteiger partial charge in [-0.15, -0.1) is 0 Å². The van der Waals surface area contributed by atoms with Crippen molar-refractivity contribution < 1.29 is 9.21 Å². The second kappa shape index (κ2) is 5.67. The summed E-state index contributed by atoms with van der Waals surface area (Å²) in [5, 5.41) is 0.808. The number of carbonyl (C=O) groups is 1. The number of fused-ring (bicyclic) bond motifs is 2. The largest absolute Gasteiger partial charge is 0.437 e. The monoisotopic (exact) mass is 329 g/mol. The summed E-state index contributed by atoms with van der Waals surface area (Å²) < 4.78 is 5.81. The van der Waals surface area contributed by atoms with E-state index in [1.807, 2.05) is 25.1 Å². The first-order valence-corrected chi connectivity index (χ1v) is 7.99. The van der Waals surface area contributed by atoms with Crippen molar-refractivity contribution in [2.75, 3.05) is 0 Å². The lowest BCUT2D eigenvalue weighted by Crippen LogP contribution is -2.09. The number of nitrogens with zero attached hydrogens (tertiary/aromatic N) is 1. The van der Waals surface area contributed by atoms with E-state index in [9.17, 15) is 9.59 Å². The van der Waals surface area contributed by atoms with Gasteiger partial charge in [0, 0.05) is 11.1 Å². The number of aromatic nitrogens is 1. The fourth-order valence-corrected chi connectivity index (χ4v) is 2.95. The molecular formula is C21H15NO3. The second-order valence-corrected chi connectivity index (χ2v) is 6.10. The van der Waals surface area contributed by atoms with E-state index in [0.29, 0.717) is 33.2 Å². The molecule has 0 aliphatic rings. The molecule has 4 nitrogen and oxygen atoms in total. The van der Waals surface area contributed by atoms with Crippen LogP contribution in [-0.2, 0) is 0 Å². The van der Waals surface area contributed by atoms with Gasteiger partial charge in [-0.3, -0.25) is 9.59 Å². The number of hydrogen-bond donors (Lipinski definition) is 0. The van der Waals surface area contributed by atoms with Crippen LogP contribution >= 0.6 is 0 Å². The van der Waals surface area contributed by atoms with Gasteiger partial charge in [-0.05, 0) is 37.6 Å². The maximum absolute atomic E-state index is 12.8. The van der Waals surface area contributed by atoms with Crippen molar-refractivity contribution in [2.24, 2.45) is 0 Å². The van der Waals surface area contributed by atoms with Crippen molar-refractivity contribution >= 4 is 27.9 Å². The van der Waals surface area contributed by atoms with Crippen LogP contribution < -0.4 is 5.43 Å². The molecule has 122 valence electrons. The molecule has 0 saturated heterocycles. The van der Waals surface area contributed by atoms with E-state index in [-0.39, 0.29) is 16.9 Å². The van der Waals surface area contributed by atoms with Crippen LogP contribution in [0.2, 0.25) is 0 Å². The third kappa shape index (κ3) is 2.52. The van der Waals surface area contributed by atoms with Gasteiger partial charge in [0.05, 0.1) is 16.5 Å². The van der Waals surface area contributed by atoms with E-state index in [0.717, 1.165) is 5.56 Å². The first-order valence-electron chi connectivity index (χ1n) is 7.99. The summed E-state index contributed by atoms with van der Waals surface area (Å²) >= 11 is 0. The number of rotatable bonds is 2. The van der Waals surface area contributed by atoms with Crippen molar-refractivity contribution in [2.45, 2.75) is 13.8 Å². The number of ketones is 1. The molecule has 4 rings (SSSR count). The normalized spacial score (nSPS) is 11.1. The fraction of sp³-hybridized carbons (Fsp3) is 0.0952. The highest BCUT2D eigenvalue weighted by Gasteiger charge is 2.17. The molecule has 2 aromatic heterocycles. The smallest absolute Gasteiger partial charge is 0.230 e. The van der Waals surface area contributed by atoms with E-state index in [4.69, 9.17) is 4.42 Å². The van der Waals surface area contributed by atoms with Crippen molar-refractivity contribution in [3.63, 3.8) is 0 Å². The quantitative estimate of drug-likeness (QED) is 0.409. The molecule has 25 heavy (non-hydrogen) atoms. The van der Waals surface area contributed by atoms with Crippen LogP contribution in [-0.4, -0.2) is 10.8 Å². The lowest BCUT2D eigenvalue weighted by molar-refractivity contribution is 0.103. The Labute approximate surface area is 143 Å². The highest BCUT2D eigenvalue weighted by molar-refractivity contribution is 6.11. The van der Waals surface area contributed by atoms with Gasteiger partial charge in [0.15, 0.2) is 5.78 Å². The minimum Gasteiger partial charge on any atom is -0.437 e. The van der Waals surface area contributed by atoms with Crippen molar-refractivity contribution in [1.82, 2.24) is 4.98 Å². The predicted octanol–water partition coefficient (Wildman–Crippen LogP) is 4.19. The van der Waals surface area contributed by atoms with Crippen LogP contribution in [0.1, 0.15) is 27.2 Å². The van der Waals surface area contributed by atoms with Crippen molar-refractivity contribution in [3.8, 4) is 0 Å². The van der Waals surface area contributed by atoms with Gasteiger partial charge in [0.1, 0.15) is 5.58 Å². The molecule has 0 amide bonds. The van der Waals surface area contributed by atoms with Gasteiger partial charge >= 0.3 is 0 Å². The Morgan fingerprint density at radius 1 is 0.960 bits per heavy atom. The molecule has 2 aromatic carbocycles. The van der Waals surface area contributed by atoms with Gasteiger partial charge in [0.25, 0.3) is 0 Å². The Kier molecular flexibility index (Phi) is 3.46. The molecule has 0 aliphatic carbocycles. The second-order valence-electron chi connectivity index (χ2n) is 6.10. The number of pyridine rings is 1. The summed E-state index contributed by atoms with van der Waals surface area (Å²) in [5.74, 6) is -0.157. The molecule has 4 aromatic rings. The molecule has 0 bridgehead atoms. The lowest BCUT2D eigenvalue weighted by atomic mass is 10.0. The van der Waals surface area contributed by atoms with E-state index < -0.39 is 0 Å². The lowest BCUT2D eigenvalue weighted by Gasteiger charge is -2.07. The zero-order valence-electron chi connectivity index (χ0n) is 13.9. The molecule has 0 unspecified atom stereocenters. The highest BCUT2D eigenvalue weighted by Crippen LogP contribution is 2.22. The Bertz CT molecular complexity index is 1190. The minimum absolute atomic E-state index is 0.157. The topological polar surface area (TPSA) is 60.2 Å². The Morgan fingerprint density at radius 2 is 1.72 bits per heavy atom. The third-order valence-corrected chi connectivity index (χ3v) is 4.29. The zero-order chi connectivity index (χ0) is 17.6. The SMILES string of the molecule is Cc1ccc2c(=O)c3cc(C(=O)c4ccccc4)c(C)nc3oc2c1. The number of hydrogen-bond acceptors (Lipinski definition) is 4. The van der Waals surface area contributed by atoms with Crippen LogP contribution in [0.5, 0.6) is 0 Å². The van der Waals surface area contributed by atoms with Crippen molar-refractivity contribution in [1.29, 1.82) is 0 Å². The van der Waals surface area contributed by atoms with E-state index in [1.54, 1.807) is 43.3 Å². The average molecular weight is 329 g/mol. The molecule has 0 aliphatic heterocycles. The highest BCUT2D eigenvalue weighted by atomic mass is 16.3. The number of aryl methyl sites for hydroxylation is 2. The maximum atomic E-state index is 12.8. The molecule has 0 atom stereocenters. The van der Waals surface area contributed by atoms with Crippen LogP contribution in [0.15, 0.2) is 63.8 Å². The Hall–Kier alpha value is -3.27. The zero-order valence-corrected chi connectivity index (χ0v) is 13.9. The molecule has 0 spiro atoms. The molecule has 0 radical (unpaired) electrons. The molecule has 0 saturated carbocycles. The molecule has 4 heteroatoms. The summed E-state index contributed by atoms with van der Waals surface area (Å²) in [6, 6.07) is 16.0. The van der Waals surface area contributed by atoms with Crippen molar-refractivity contribution in [3.05, 3.63) is 87.2 Å². The van der Waals surface area contributed by atoms with E-state index in [2.05, 4.69) is 4.98 Å². The van der Waals surface area contributed by atoms with Gasteiger partial charge in [-0.1, -0.05) is 36.4 Å². The standard InChI is InChI=1S/C21H15NO3/c1-12-8-9-15-18(10-12)25-21-17(20(15)24)11-16(13(2)22-21)19(23)14-6-4-3-5-7-14/h3-11H,1-2H3. The first-order chi connectivity index (χ1) is 12.0. The van der Waals surface area contributed by atoms with Crippen LogP contribution in [0.25, 0.3) is 22.1 Å². The fourth-order valence-electron chi connectivity index (χ4n) is 2.95. The first kappa shape index (κ1) is 15.3. The molecule has 0 N–H and O–H groups in total. The van der Waals surface area contributed by atoms with E-state index >= 15 is 0 Å². The molecule has 0 fully saturated rings. The van der Waals surface area contributed by atoms with E-state index in [1.165, 1.54) is 0 Å². The maximum Gasteiger partial charge on any atom is 0.230 e. The molecular weight excluding hydrogens is 314 g/mol. The summed E-state index contributed by atoms with van der Waals surface area (Å²) in [4.78, 5) is 29.9. The summed E-state index contributed by atoms with van der Waals surface area (Å²) in [6.07, 6.45) is 0. The predicted molar refractivity (Wildman–Crippen MR) is 97.1 cm³/mol. The summed E-state index contributed by atoms with van der Waals surface area (Å²) in [7, 11) is 0. The van der Waals surface area contributed by atoms with Crippen LogP contribution in [0, 0.1) is 13.8 Å². The van der Waals surface area contributed by atoms with Gasteiger partial charge < -0.3 is 4.42 Å². The number of benzene rings is 2. The third-order valence-electron chi connectivity index (χ3n) is 4.29. The van der Waals surface area contributed by atoms with Gasteiger partial charge in [-0.25, -0.2) is 4.98 Å². The summed E-state index contributed by atoms with van der Waals surface area (Å²) in [6.45, 7) is 3.68. The van der Waals surface area contributed by atoms with Gasteiger partial charge in [-0.2, -0.15) is 0 Å². The Morgan fingerprint density at radius 3 is 2.48 bits per heavy atom. The minimum atomic E-state index is -0.175. The van der Waals surface area contributed by atoms with Crippen LogP contribution in [0.4, 0.5) is 0 Å². The Balaban J connectivity index is 1.99. The van der Waals surface area contributed by atoms with Gasteiger partial charge in [0.2, 0.25) is 11.1 Å². The average Bonchev–Trinajstić information content (AvgIpc) is 2.61. The van der Waals surface area contributed by atoms with Crippen LogP contribution in [0.3, 0.4) is 0 Å².